The topological polar surface area (TPSA) is 24.9 Å². The Balaban J connectivity index is 1.86. The summed E-state index contributed by atoms with van der Waals surface area (Å²) in [6.07, 6.45) is 0. The number of hydrogen-bond donors (Lipinski definition) is 1. The van der Waals surface area contributed by atoms with Crippen molar-refractivity contribution in [2.75, 3.05) is 5.32 Å². The van der Waals surface area contributed by atoms with E-state index in [4.69, 9.17) is 0 Å². The van der Waals surface area contributed by atoms with Crippen LogP contribution in [0.1, 0.15) is 23.5 Å². The minimum absolute atomic E-state index is 0.107. The Kier molecular flexibility index (Phi) is 3.95. The molecule has 0 amide bonds. The smallest absolute Gasteiger partial charge is 0.129 e. The van der Waals surface area contributed by atoms with E-state index in [1.165, 1.54) is 6.07 Å². The molecule has 0 saturated heterocycles. The number of halogens is 2. The molecule has 2 nitrogen and oxygen atoms in total. The zero-order chi connectivity index (χ0) is 15.0. The second kappa shape index (κ2) is 5.73. The lowest BCUT2D eigenvalue weighted by molar-refractivity contribution is 0.599. The highest BCUT2D eigenvalue weighted by atomic mass is 79.9. The van der Waals surface area contributed by atoms with E-state index in [1.807, 2.05) is 32.0 Å². The van der Waals surface area contributed by atoms with Crippen LogP contribution in [-0.4, -0.2) is 4.98 Å². The zero-order valence-electron chi connectivity index (χ0n) is 11.7. The molecule has 1 aromatic heterocycles. The van der Waals surface area contributed by atoms with Crippen LogP contribution in [0, 0.1) is 12.7 Å². The number of thiazole rings is 1. The average molecular weight is 365 g/mol. The zero-order valence-corrected chi connectivity index (χ0v) is 14.1. The summed E-state index contributed by atoms with van der Waals surface area (Å²) in [5, 5.41) is 4.39. The van der Waals surface area contributed by atoms with Gasteiger partial charge in [0.15, 0.2) is 0 Å². The van der Waals surface area contributed by atoms with E-state index < -0.39 is 0 Å². The summed E-state index contributed by atoms with van der Waals surface area (Å²) in [5.41, 5.74) is 2.63. The van der Waals surface area contributed by atoms with Gasteiger partial charge in [0.25, 0.3) is 0 Å². The van der Waals surface area contributed by atoms with Crippen LogP contribution in [0.2, 0.25) is 0 Å². The molecule has 5 heteroatoms. The summed E-state index contributed by atoms with van der Waals surface area (Å²) in [7, 11) is 0. The van der Waals surface area contributed by atoms with Crippen LogP contribution in [0.25, 0.3) is 10.2 Å². The van der Waals surface area contributed by atoms with Gasteiger partial charge in [-0.15, -0.1) is 11.3 Å². The highest BCUT2D eigenvalue weighted by molar-refractivity contribution is 9.10. The van der Waals surface area contributed by atoms with Crippen molar-refractivity contribution in [3.8, 4) is 0 Å². The lowest BCUT2D eigenvalue weighted by atomic mass is 10.1. The summed E-state index contributed by atoms with van der Waals surface area (Å²) in [6, 6.07) is 11.1. The summed E-state index contributed by atoms with van der Waals surface area (Å²) in [4.78, 5) is 4.44. The first-order valence-electron chi connectivity index (χ1n) is 6.61. The number of aryl methyl sites for hydroxylation is 1. The Morgan fingerprint density at radius 1 is 1.24 bits per heavy atom. The van der Waals surface area contributed by atoms with Crippen LogP contribution in [0.4, 0.5) is 10.1 Å². The van der Waals surface area contributed by atoms with Gasteiger partial charge in [-0.3, -0.25) is 0 Å². The molecule has 0 spiro atoms. The van der Waals surface area contributed by atoms with Gasteiger partial charge >= 0.3 is 0 Å². The molecule has 0 saturated carbocycles. The number of nitrogens with zero attached hydrogens (tertiary/aromatic N) is 1. The molecule has 0 aliphatic carbocycles. The van der Waals surface area contributed by atoms with E-state index >= 15 is 0 Å². The van der Waals surface area contributed by atoms with E-state index in [2.05, 4.69) is 32.3 Å². The summed E-state index contributed by atoms with van der Waals surface area (Å²) >= 11 is 4.94. The van der Waals surface area contributed by atoms with Gasteiger partial charge in [-0.25, -0.2) is 9.37 Å². The lowest BCUT2D eigenvalue weighted by Gasteiger charge is -2.16. The SMILES string of the molecule is Cc1nc2ccc(NC(C)c3ccc(Br)cc3F)cc2s1. The van der Waals surface area contributed by atoms with Crippen molar-refractivity contribution in [3.63, 3.8) is 0 Å². The van der Waals surface area contributed by atoms with Gasteiger partial charge in [-0.1, -0.05) is 22.0 Å². The third-order valence-electron chi connectivity index (χ3n) is 3.31. The molecule has 1 heterocycles. The van der Waals surface area contributed by atoms with Crippen LogP contribution >= 0.6 is 27.3 Å². The molecule has 2 aromatic carbocycles. The molecular weight excluding hydrogens is 351 g/mol. The van der Waals surface area contributed by atoms with Gasteiger partial charge in [0.1, 0.15) is 5.82 Å². The first-order valence-corrected chi connectivity index (χ1v) is 8.22. The molecule has 3 aromatic rings. The van der Waals surface area contributed by atoms with Gasteiger partial charge in [-0.2, -0.15) is 0 Å². The quantitative estimate of drug-likeness (QED) is 0.646. The second-order valence-corrected chi connectivity index (χ2v) is 7.10. The number of nitrogens with one attached hydrogen (secondary N) is 1. The maximum Gasteiger partial charge on any atom is 0.129 e. The number of aromatic nitrogens is 1. The first kappa shape index (κ1) is 14.5. The molecule has 1 unspecified atom stereocenters. The molecule has 0 aliphatic heterocycles. The van der Waals surface area contributed by atoms with Gasteiger partial charge in [0.05, 0.1) is 21.3 Å². The maximum atomic E-state index is 14.0. The minimum atomic E-state index is -0.209. The predicted molar refractivity (Wildman–Crippen MR) is 90.5 cm³/mol. The van der Waals surface area contributed by atoms with Crippen molar-refractivity contribution in [2.45, 2.75) is 19.9 Å². The molecule has 0 radical (unpaired) electrons. The standard InChI is InChI=1S/C16H14BrFN2S/c1-9(13-5-3-11(17)7-14(13)18)19-12-4-6-15-16(8-12)21-10(2)20-15/h3-9,19H,1-2H3. The van der Waals surface area contributed by atoms with E-state index in [-0.39, 0.29) is 11.9 Å². The van der Waals surface area contributed by atoms with E-state index in [0.29, 0.717) is 5.56 Å². The van der Waals surface area contributed by atoms with E-state index in [1.54, 1.807) is 17.4 Å². The Hall–Kier alpha value is -1.46. The predicted octanol–water partition coefficient (Wildman–Crippen LogP) is 5.68. The Morgan fingerprint density at radius 2 is 2.05 bits per heavy atom. The third-order valence-corrected chi connectivity index (χ3v) is 4.73. The molecule has 0 aliphatic rings. The molecule has 1 N–H and O–H groups in total. The maximum absolute atomic E-state index is 14.0. The monoisotopic (exact) mass is 364 g/mol. The number of rotatable bonds is 3. The number of fused-ring (bicyclic) bond motifs is 1. The third kappa shape index (κ3) is 3.09. The van der Waals surface area contributed by atoms with E-state index in [9.17, 15) is 4.39 Å². The van der Waals surface area contributed by atoms with Crippen LogP contribution in [0.5, 0.6) is 0 Å². The average Bonchev–Trinajstić information content (AvgIpc) is 2.77. The van der Waals surface area contributed by atoms with Crippen LogP contribution in [0.3, 0.4) is 0 Å². The highest BCUT2D eigenvalue weighted by Gasteiger charge is 2.11. The molecule has 21 heavy (non-hydrogen) atoms. The summed E-state index contributed by atoms with van der Waals surface area (Å²) < 4.78 is 15.9. The molecular formula is C16H14BrFN2S. The minimum Gasteiger partial charge on any atom is -0.378 e. The van der Waals surface area contributed by atoms with Gasteiger partial charge in [0, 0.05) is 15.7 Å². The van der Waals surface area contributed by atoms with Gasteiger partial charge in [0.2, 0.25) is 0 Å². The number of benzene rings is 2. The number of anilines is 1. The summed E-state index contributed by atoms with van der Waals surface area (Å²) in [5.74, 6) is -0.209. The van der Waals surface area contributed by atoms with Gasteiger partial charge in [-0.05, 0) is 44.2 Å². The van der Waals surface area contributed by atoms with E-state index in [0.717, 1.165) is 25.4 Å². The Labute approximate surface area is 135 Å². The van der Waals surface area contributed by atoms with Crippen LogP contribution < -0.4 is 5.32 Å². The largest absolute Gasteiger partial charge is 0.378 e. The highest BCUT2D eigenvalue weighted by Crippen LogP contribution is 2.28. The summed E-state index contributed by atoms with van der Waals surface area (Å²) in [6.45, 7) is 3.95. The Bertz CT molecular complexity index is 800. The fraction of sp³-hybridized carbons (Fsp3) is 0.188. The van der Waals surface area contributed by atoms with Crippen molar-refractivity contribution in [2.24, 2.45) is 0 Å². The van der Waals surface area contributed by atoms with Crippen molar-refractivity contribution < 1.29 is 4.39 Å². The fourth-order valence-electron chi connectivity index (χ4n) is 2.31. The first-order chi connectivity index (χ1) is 10.0. The van der Waals surface area contributed by atoms with Crippen LogP contribution in [-0.2, 0) is 0 Å². The molecule has 0 fully saturated rings. The number of hydrogen-bond acceptors (Lipinski definition) is 3. The molecule has 1 atom stereocenters. The molecule has 3 rings (SSSR count). The Morgan fingerprint density at radius 3 is 2.81 bits per heavy atom. The fourth-order valence-corrected chi connectivity index (χ4v) is 3.51. The van der Waals surface area contributed by atoms with Crippen LogP contribution in [0.15, 0.2) is 40.9 Å². The van der Waals surface area contributed by atoms with Crippen molar-refractivity contribution >= 4 is 43.2 Å². The molecule has 108 valence electrons. The van der Waals surface area contributed by atoms with Crippen molar-refractivity contribution in [1.82, 2.24) is 4.98 Å². The van der Waals surface area contributed by atoms with Crippen molar-refractivity contribution in [1.29, 1.82) is 0 Å². The molecule has 0 bridgehead atoms. The van der Waals surface area contributed by atoms with Crippen molar-refractivity contribution in [3.05, 3.63) is 57.3 Å². The lowest BCUT2D eigenvalue weighted by Crippen LogP contribution is -2.08. The van der Waals surface area contributed by atoms with Gasteiger partial charge < -0.3 is 5.32 Å². The second-order valence-electron chi connectivity index (χ2n) is 4.95. The normalized spacial score (nSPS) is 12.6.